The molecule has 0 fully saturated rings. The second-order valence-electron chi connectivity index (χ2n) is 3.32. The van der Waals surface area contributed by atoms with Gasteiger partial charge in [-0.2, -0.15) is 12.1 Å². The first-order valence-electron chi connectivity index (χ1n) is 4.63. The van der Waals surface area contributed by atoms with Gasteiger partial charge in [0.05, 0.1) is 5.82 Å². The first-order chi connectivity index (χ1) is 7.61. The van der Waals surface area contributed by atoms with E-state index >= 15 is 0 Å². The van der Waals surface area contributed by atoms with Crippen LogP contribution in [-0.4, -0.2) is 4.57 Å². The molecule has 0 N–H and O–H groups in total. The van der Waals surface area contributed by atoms with Gasteiger partial charge < -0.3 is 4.57 Å². The summed E-state index contributed by atoms with van der Waals surface area (Å²) in [6.07, 6.45) is 0. The summed E-state index contributed by atoms with van der Waals surface area (Å²) in [5, 5.41) is 0. The van der Waals surface area contributed by atoms with E-state index in [0.717, 1.165) is 0 Å². The van der Waals surface area contributed by atoms with Gasteiger partial charge in [-0.25, -0.2) is 4.39 Å². The van der Waals surface area contributed by atoms with Crippen LogP contribution >= 0.6 is 15.9 Å². The minimum atomic E-state index is -0.383. The smallest absolute Gasteiger partial charge is 0.194 e. The van der Waals surface area contributed by atoms with E-state index in [-0.39, 0.29) is 44.1 Å². The third-order valence-corrected chi connectivity index (χ3v) is 2.97. The van der Waals surface area contributed by atoms with Crippen molar-refractivity contribution in [1.82, 2.24) is 4.57 Å². The molecule has 5 heteroatoms. The quantitative estimate of drug-likeness (QED) is 0.708. The van der Waals surface area contributed by atoms with Crippen molar-refractivity contribution in [2.75, 3.05) is 0 Å². The van der Waals surface area contributed by atoms with Crippen LogP contribution in [0.2, 0.25) is 0 Å². The van der Waals surface area contributed by atoms with E-state index in [2.05, 4.69) is 22.0 Å². The molecule has 2 nitrogen and oxygen atoms in total. The van der Waals surface area contributed by atoms with E-state index in [1.807, 2.05) is 0 Å². The van der Waals surface area contributed by atoms with Crippen LogP contribution in [0, 0.1) is 11.9 Å². The van der Waals surface area contributed by atoms with Crippen molar-refractivity contribution in [2.45, 2.75) is 0 Å². The van der Waals surface area contributed by atoms with Gasteiger partial charge in [0.25, 0.3) is 0 Å². The van der Waals surface area contributed by atoms with Gasteiger partial charge in [0.15, 0.2) is 5.56 Å². The molecule has 0 unspecified atom stereocenters. The van der Waals surface area contributed by atoms with Gasteiger partial charge in [0.2, 0.25) is 0 Å². The van der Waals surface area contributed by atoms with Gasteiger partial charge in [-0.15, -0.1) is 0 Å². The monoisotopic (exact) mass is 369 g/mol. The van der Waals surface area contributed by atoms with E-state index < -0.39 is 0 Å². The molecule has 1 heterocycles. The van der Waals surface area contributed by atoms with Crippen molar-refractivity contribution in [3.8, 4) is 11.3 Å². The van der Waals surface area contributed by atoms with Crippen molar-refractivity contribution in [3.63, 3.8) is 0 Å². The molecule has 2 rings (SSSR count). The maximum Gasteiger partial charge on any atom is 0.194 e. The summed E-state index contributed by atoms with van der Waals surface area (Å²) in [5.74, 6) is -0.383. The number of hydrogen-bond acceptors (Lipinski definition) is 1. The second kappa shape index (κ2) is 6.03. The maximum absolute atomic E-state index is 13.7. The Bertz CT molecular complexity index is 577. The summed E-state index contributed by atoms with van der Waals surface area (Å²) in [6, 6.07) is 10.4. The molecular weight excluding hydrogens is 362 g/mol. The molecule has 0 spiro atoms. The summed E-state index contributed by atoms with van der Waals surface area (Å²) in [5.41, 5.74) is 0.587. The van der Waals surface area contributed by atoms with E-state index in [1.54, 1.807) is 19.2 Å². The number of aromatic nitrogens is 1. The molecule has 0 saturated heterocycles. The molecule has 0 amide bonds. The van der Waals surface area contributed by atoms with Crippen molar-refractivity contribution in [2.24, 2.45) is 7.05 Å². The first-order valence-corrected chi connectivity index (χ1v) is 5.42. The molecule has 0 aliphatic rings. The fourth-order valence-corrected chi connectivity index (χ4v) is 2.00. The molecule has 0 bridgehead atoms. The number of rotatable bonds is 1. The zero-order valence-electron chi connectivity index (χ0n) is 9.08. The van der Waals surface area contributed by atoms with Gasteiger partial charge in [-0.05, 0) is 10.5 Å². The Kier molecular flexibility index (Phi) is 5.23. The van der Waals surface area contributed by atoms with E-state index in [1.165, 1.54) is 22.8 Å². The van der Waals surface area contributed by atoms with E-state index in [4.69, 9.17) is 0 Å². The van der Waals surface area contributed by atoms with Crippen LogP contribution in [0.1, 0.15) is 0 Å². The summed E-state index contributed by atoms with van der Waals surface area (Å²) < 4.78 is 15.6. The van der Waals surface area contributed by atoms with Gasteiger partial charge in [0.1, 0.15) is 0 Å². The SMILES string of the molecule is Cn1c(-c2c(F)cccc2Br)[c-]ccc1=O.[Y]. The molecule has 1 radical (unpaired) electrons. The molecular formula is C12H8BrFNOY-. The van der Waals surface area contributed by atoms with Crippen molar-refractivity contribution in [3.05, 3.63) is 57.0 Å². The molecule has 17 heavy (non-hydrogen) atoms. The van der Waals surface area contributed by atoms with Crippen LogP contribution in [0.15, 0.2) is 39.6 Å². The molecule has 1 aromatic heterocycles. The standard InChI is InChI=1S/C12H8BrFNO.Y/c1-15-10(6-3-7-11(15)16)12-8(13)4-2-5-9(12)14;/h2-5,7H,1H3;/q-1;. The first kappa shape index (κ1) is 14.7. The van der Waals surface area contributed by atoms with E-state index in [0.29, 0.717) is 15.7 Å². The van der Waals surface area contributed by atoms with Gasteiger partial charge in [-0.3, -0.25) is 4.79 Å². The van der Waals surface area contributed by atoms with Gasteiger partial charge >= 0.3 is 0 Å². The van der Waals surface area contributed by atoms with Crippen LogP contribution in [0.4, 0.5) is 4.39 Å². The summed E-state index contributed by atoms with van der Waals surface area (Å²) in [7, 11) is 1.59. The predicted molar refractivity (Wildman–Crippen MR) is 63.6 cm³/mol. The number of benzene rings is 1. The van der Waals surface area contributed by atoms with Crippen molar-refractivity contribution < 1.29 is 37.1 Å². The molecule has 1 aromatic carbocycles. The Morgan fingerprint density at radius 1 is 1.35 bits per heavy atom. The maximum atomic E-state index is 13.7. The zero-order valence-corrected chi connectivity index (χ0v) is 13.5. The second-order valence-corrected chi connectivity index (χ2v) is 4.17. The Balaban J connectivity index is 0.00000144. The van der Waals surface area contributed by atoms with Crippen molar-refractivity contribution >= 4 is 15.9 Å². The van der Waals surface area contributed by atoms with Gasteiger partial charge in [0, 0.05) is 39.8 Å². The molecule has 0 atom stereocenters. The number of pyridine rings is 1. The topological polar surface area (TPSA) is 22.0 Å². The van der Waals surface area contributed by atoms with Gasteiger partial charge in [-0.1, -0.05) is 45.4 Å². The summed E-state index contributed by atoms with van der Waals surface area (Å²) >= 11 is 3.27. The Morgan fingerprint density at radius 2 is 2.06 bits per heavy atom. The molecule has 0 aliphatic heterocycles. The average Bonchev–Trinajstić information content (AvgIpc) is 2.24. The normalized spacial score (nSPS) is 9.82. The van der Waals surface area contributed by atoms with Crippen molar-refractivity contribution in [1.29, 1.82) is 0 Å². The summed E-state index contributed by atoms with van der Waals surface area (Å²) in [4.78, 5) is 11.4. The average molecular weight is 370 g/mol. The Morgan fingerprint density at radius 3 is 2.71 bits per heavy atom. The van der Waals surface area contributed by atoms with E-state index in [9.17, 15) is 9.18 Å². The molecule has 0 aliphatic carbocycles. The molecule has 0 saturated carbocycles. The largest absolute Gasteiger partial charge is 0.345 e. The fourth-order valence-electron chi connectivity index (χ4n) is 1.47. The minimum Gasteiger partial charge on any atom is -0.345 e. The third kappa shape index (κ3) is 2.93. The summed E-state index contributed by atoms with van der Waals surface area (Å²) in [6.45, 7) is 0. The molecule has 2 aromatic rings. The predicted octanol–water partition coefficient (Wildman–Crippen LogP) is 2.75. The minimum absolute atomic E-state index is 0. The number of hydrogen-bond donors (Lipinski definition) is 0. The Hall–Kier alpha value is -0.316. The number of halogens is 2. The fraction of sp³-hybridized carbons (Fsp3) is 0.0833. The van der Waals surface area contributed by atoms with Crippen LogP contribution in [-0.2, 0) is 39.8 Å². The molecule has 85 valence electrons. The van der Waals surface area contributed by atoms with Crippen LogP contribution in [0.3, 0.4) is 0 Å². The van der Waals surface area contributed by atoms with Crippen LogP contribution < -0.4 is 5.56 Å². The number of nitrogens with zero attached hydrogens (tertiary/aromatic N) is 1. The zero-order chi connectivity index (χ0) is 11.7. The third-order valence-electron chi connectivity index (χ3n) is 2.31. The van der Waals surface area contributed by atoms with Crippen LogP contribution in [0.5, 0.6) is 0 Å². The Labute approximate surface area is 132 Å². The van der Waals surface area contributed by atoms with Crippen LogP contribution in [0.25, 0.3) is 11.3 Å².